The van der Waals surface area contributed by atoms with Crippen molar-refractivity contribution in [1.82, 2.24) is 5.32 Å². The minimum atomic E-state index is -3.80. The van der Waals surface area contributed by atoms with Crippen LogP contribution >= 0.6 is 0 Å². The van der Waals surface area contributed by atoms with Gasteiger partial charge in [0, 0.05) is 77.5 Å². The Morgan fingerprint density at radius 2 is 1.55 bits per heavy atom. The van der Waals surface area contributed by atoms with Crippen LogP contribution < -0.4 is 15.5 Å². The zero-order valence-electron chi connectivity index (χ0n) is 37.8. The Morgan fingerprint density at radius 3 is 2.12 bits per heavy atom. The highest BCUT2D eigenvalue weighted by atomic mass is 32.2. The number of fused-ring (bicyclic) bond motifs is 1. The van der Waals surface area contributed by atoms with Gasteiger partial charge in [0.05, 0.1) is 16.8 Å². The third kappa shape index (κ3) is 14.7. The molecule has 1 aliphatic heterocycles. The molecule has 0 saturated carbocycles. The number of carbonyl (C=O) groups is 6. The fourth-order valence-electron chi connectivity index (χ4n) is 7.82. The summed E-state index contributed by atoms with van der Waals surface area (Å²) in [5.74, 6) is -6.89. The number of aliphatic hydroxyl groups excluding tert-OH is 2. The summed E-state index contributed by atoms with van der Waals surface area (Å²) in [7, 11) is -0.0968. The van der Waals surface area contributed by atoms with Crippen molar-refractivity contribution in [3.8, 4) is 0 Å². The maximum Gasteiger partial charge on any atom is 0.303 e. The monoisotopic (exact) mass is 917 g/mol. The van der Waals surface area contributed by atoms with Gasteiger partial charge in [-0.1, -0.05) is 38.8 Å². The van der Waals surface area contributed by atoms with Crippen molar-refractivity contribution in [3.63, 3.8) is 0 Å². The van der Waals surface area contributed by atoms with Crippen molar-refractivity contribution in [1.29, 1.82) is 0 Å². The zero-order valence-corrected chi connectivity index (χ0v) is 38.7. The number of hydrogen-bond acceptors (Lipinski definition) is 16. The first-order valence-electron chi connectivity index (χ1n) is 21.1. The number of hydrogen-bond donors (Lipinski definition) is 4. The van der Waals surface area contributed by atoms with Crippen molar-refractivity contribution < 1.29 is 71.1 Å². The molecule has 7 atom stereocenters. The summed E-state index contributed by atoms with van der Waals surface area (Å²) < 4.78 is 54.2. The van der Waals surface area contributed by atoms with E-state index >= 15 is 0 Å². The molecule has 19 heteroatoms. The lowest BCUT2D eigenvalue weighted by Crippen LogP contribution is -2.56. The molecule has 2 amide bonds. The molecule has 64 heavy (non-hydrogen) atoms. The lowest BCUT2D eigenvalue weighted by molar-refractivity contribution is -0.200. The van der Waals surface area contributed by atoms with Crippen molar-refractivity contribution in [3.05, 3.63) is 66.1 Å². The Morgan fingerprint density at radius 1 is 0.875 bits per heavy atom. The molecule has 3 rings (SSSR count). The quantitative estimate of drug-likeness (QED) is 0.0514. The van der Waals surface area contributed by atoms with Crippen LogP contribution in [0.15, 0.2) is 59.9 Å². The Balaban J connectivity index is 1.81. The molecule has 354 valence electrons. The molecule has 2 aromatic carbocycles. The number of amides is 2. The summed E-state index contributed by atoms with van der Waals surface area (Å²) in [6.45, 7) is 10.5. The molecule has 0 saturated heterocycles. The lowest BCUT2D eigenvalue weighted by atomic mass is 9.69. The molecule has 0 radical (unpaired) electrons. The minimum Gasteiger partial charge on any atom is -0.481 e. The molecule has 18 nitrogen and oxygen atoms in total. The fourth-order valence-corrected chi connectivity index (χ4v) is 10.1. The van der Waals surface area contributed by atoms with Crippen molar-refractivity contribution in [2.75, 3.05) is 43.2 Å². The predicted molar refractivity (Wildman–Crippen MR) is 235 cm³/mol. The number of carbonyl (C=O) groups excluding carboxylic acids is 6. The highest BCUT2D eigenvalue weighted by Crippen LogP contribution is 2.49. The van der Waals surface area contributed by atoms with E-state index in [1.54, 1.807) is 30.3 Å². The van der Waals surface area contributed by atoms with E-state index in [-0.39, 0.29) is 42.4 Å². The first-order valence-corrected chi connectivity index (χ1v) is 22.8. The molecule has 0 fully saturated rings. The molecular formula is C45H63N3O15S. The number of sulfone groups is 1. The van der Waals surface area contributed by atoms with Crippen molar-refractivity contribution >= 4 is 56.9 Å². The SMILES string of the molecule is C=C(O)O[C@@H]([C@H](OC(C)=O)[C@@H](COC(C)=O)OC(C)=O)[C@@H](OC(C)=O)C(=O)NCCCCC(=O)Nc1cccc(C2c3cc(N(C)C)ccc3S(=O)(=O)C[C@@](CC)(CCCC)[C@@H]2O)c1. The number of nitrogens with one attached hydrogen (secondary N) is 2. The minimum absolute atomic E-state index is 0.00751. The molecule has 1 heterocycles. The summed E-state index contributed by atoms with van der Waals surface area (Å²) in [6, 6.07) is 12.2. The van der Waals surface area contributed by atoms with Crippen LogP contribution in [-0.4, -0.2) is 118 Å². The number of nitrogens with zero attached hydrogens (tertiary/aromatic N) is 1. The van der Waals surface area contributed by atoms with Gasteiger partial charge < -0.3 is 49.4 Å². The van der Waals surface area contributed by atoms with Gasteiger partial charge in [-0.2, -0.15) is 0 Å². The van der Waals surface area contributed by atoms with E-state index < -0.39 is 94.0 Å². The van der Waals surface area contributed by atoms with Gasteiger partial charge in [-0.05, 0) is 73.7 Å². The molecule has 0 spiro atoms. The Labute approximate surface area is 374 Å². The highest BCUT2D eigenvalue weighted by molar-refractivity contribution is 7.91. The van der Waals surface area contributed by atoms with E-state index in [2.05, 4.69) is 17.2 Å². The second-order valence-electron chi connectivity index (χ2n) is 16.1. The van der Waals surface area contributed by atoms with E-state index in [0.29, 0.717) is 29.7 Å². The smallest absolute Gasteiger partial charge is 0.303 e. The third-order valence-electron chi connectivity index (χ3n) is 10.9. The van der Waals surface area contributed by atoms with Crippen molar-refractivity contribution in [2.45, 2.75) is 128 Å². The average molecular weight is 918 g/mol. The molecule has 2 aromatic rings. The van der Waals surface area contributed by atoms with E-state index in [9.17, 15) is 47.4 Å². The normalized spacial score (nSPS) is 19.5. The molecule has 4 N–H and O–H groups in total. The van der Waals surface area contributed by atoms with E-state index in [4.69, 9.17) is 23.7 Å². The van der Waals surface area contributed by atoms with Crippen molar-refractivity contribution in [2.24, 2.45) is 5.41 Å². The van der Waals surface area contributed by atoms with E-state index in [1.165, 1.54) is 0 Å². The van der Waals surface area contributed by atoms with E-state index in [1.807, 2.05) is 45.0 Å². The molecule has 0 aliphatic carbocycles. The van der Waals surface area contributed by atoms with Gasteiger partial charge in [-0.15, -0.1) is 0 Å². The van der Waals surface area contributed by atoms with Gasteiger partial charge in [-0.3, -0.25) is 28.8 Å². The van der Waals surface area contributed by atoms with Crippen LogP contribution in [0, 0.1) is 5.41 Å². The van der Waals surface area contributed by atoms with Gasteiger partial charge in [0.25, 0.3) is 11.9 Å². The highest BCUT2D eigenvalue weighted by Gasteiger charge is 2.49. The van der Waals surface area contributed by atoms with Gasteiger partial charge in [0.1, 0.15) is 6.61 Å². The first-order chi connectivity index (χ1) is 30.0. The van der Waals surface area contributed by atoms with Crippen LogP contribution in [-0.2, 0) is 62.3 Å². The number of aliphatic hydroxyl groups is 2. The van der Waals surface area contributed by atoms with Crippen LogP contribution in [0.25, 0.3) is 0 Å². The summed E-state index contributed by atoms with van der Waals surface area (Å²) in [4.78, 5) is 76.9. The second kappa shape index (κ2) is 23.8. The van der Waals surface area contributed by atoms with Gasteiger partial charge in [-0.25, -0.2) is 8.42 Å². The standard InChI is InChI=1S/C45H63N3O15S/c1-10-12-21-45(11-2)26-64(57,58)37-20-19-34(48(8)9)24-35(37)39(43(45)55)32-16-15-17-33(23-32)47-38(54)18-13-14-22-46-44(56)42(63-31(7)53)41(62-30(6)52)40(61-29(5)51)36(60-28(4)50)25-59-27(3)49/h15-17,19-20,23-24,36,39-43,52,55H,6,10-14,18,21-22,25-26H2,1-5,7-9H3,(H,46,56)(H,47,54)/t36-,39?,40-,41+,42-,43-,45-/m1/s1. The maximum absolute atomic E-state index is 14.0. The Kier molecular flexibility index (Phi) is 19.6. The van der Waals surface area contributed by atoms with Crippen LogP contribution in [0.5, 0.6) is 0 Å². The third-order valence-corrected chi connectivity index (χ3v) is 12.9. The Hall–Kier alpha value is -5.69. The van der Waals surface area contributed by atoms with Gasteiger partial charge in [0.2, 0.25) is 12.0 Å². The van der Waals surface area contributed by atoms with E-state index in [0.717, 1.165) is 46.2 Å². The maximum atomic E-state index is 14.0. The Bertz CT molecular complexity index is 2110. The number of benzene rings is 2. The zero-order chi connectivity index (χ0) is 47.9. The molecular weight excluding hydrogens is 855 g/mol. The molecule has 0 bridgehead atoms. The van der Waals surface area contributed by atoms with Gasteiger partial charge >= 0.3 is 23.9 Å². The van der Waals surface area contributed by atoms with Crippen LogP contribution in [0.1, 0.15) is 104 Å². The molecule has 1 aliphatic rings. The fraction of sp³-hybridized carbons (Fsp3) is 0.556. The number of ether oxygens (including phenoxy) is 5. The first kappa shape index (κ1) is 52.7. The number of anilines is 2. The largest absolute Gasteiger partial charge is 0.481 e. The molecule has 0 aromatic heterocycles. The van der Waals surface area contributed by atoms with Crippen LogP contribution in [0.2, 0.25) is 0 Å². The van der Waals surface area contributed by atoms with Crippen LogP contribution in [0.3, 0.4) is 0 Å². The summed E-state index contributed by atoms with van der Waals surface area (Å²) in [6.07, 6.45) is -5.25. The van der Waals surface area contributed by atoms with Crippen LogP contribution in [0.4, 0.5) is 11.4 Å². The summed E-state index contributed by atoms with van der Waals surface area (Å²) in [5, 5.41) is 27.8. The topological polar surface area (TPSA) is 250 Å². The molecule has 1 unspecified atom stereocenters. The number of rotatable bonds is 23. The van der Waals surface area contributed by atoms with Gasteiger partial charge in [0.15, 0.2) is 28.1 Å². The number of unbranched alkanes of at least 4 members (excludes halogenated alkanes) is 2. The predicted octanol–water partition coefficient (Wildman–Crippen LogP) is 4.62. The summed E-state index contributed by atoms with van der Waals surface area (Å²) >= 11 is 0. The number of esters is 4. The second-order valence-corrected chi connectivity index (χ2v) is 18.0. The summed E-state index contributed by atoms with van der Waals surface area (Å²) in [5.41, 5.74) is 1.39. The lowest BCUT2D eigenvalue weighted by Gasteiger charge is -2.39. The average Bonchev–Trinajstić information content (AvgIpc) is 3.27.